The highest BCUT2D eigenvalue weighted by Crippen LogP contribution is 2.27. The molecule has 0 aliphatic heterocycles. The molecule has 1 aromatic carbocycles. The topological polar surface area (TPSA) is 21.3 Å². The number of hydrogen-bond acceptors (Lipinski definition) is 2. The molecular weight excluding hydrogens is 210 g/mol. The van der Waals surface area contributed by atoms with Crippen LogP contribution in [0.5, 0.6) is 5.75 Å². The molecule has 1 aromatic rings. The number of methoxy groups -OCH3 is 1. The standard InChI is InChI=1S/C15H23NO/c1-11(10-16-14-7-8-14)12(2)13-5-4-6-15(9-13)17-3/h4-6,9,11-12,14,16H,7-8,10H2,1-3H3. The molecule has 0 aromatic heterocycles. The first-order valence-corrected chi connectivity index (χ1v) is 6.58. The van der Waals surface area contributed by atoms with E-state index in [4.69, 9.17) is 4.74 Å². The van der Waals surface area contributed by atoms with Gasteiger partial charge in [-0.25, -0.2) is 0 Å². The van der Waals surface area contributed by atoms with Gasteiger partial charge < -0.3 is 10.1 Å². The van der Waals surface area contributed by atoms with Crippen LogP contribution in [0.2, 0.25) is 0 Å². The third-order valence-electron chi connectivity index (χ3n) is 3.78. The largest absolute Gasteiger partial charge is 0.497 e. The lowest BCUT2D eigenvalue weighted by molar-refractivity contribution is 0.410. The van der Waals surface area contributed by atoms with Crippen LogP contribution in [-0.2, 0) is 0 Å². The first-order chi connectivity index (χ1) is 8.20. The monoisotopic (exact) mass is 233 g/mol. The molecule has 0 spiro atoms. The number of nitrogens with one attached hydrogen (secondary N) is 1. The highest BCUT2D eigenvalue weighted by Gasteiger charge is 2.22. The smallest absolute Gasteiger partial charge is 0.119 e. The van der Waals surface area contributed by atoms with E-state index in [0.717, 1.165) is 18.3 Å². The summed E-state index contributed by atoms with van der Waals surface area (Å²) < 4.78 is 5.28. The van der Waals surface area contributed by atoms with Crippen LogP contribution in [0.4, 0.5) is 0 Å². The molecule has 1 N–H and O–H groups in total. The summed E-state index contributed by atoms with van der Waals surface area (Å²) in [4.78, 5) is 0. The summed E-state index contributed by atoms with van der Waals surface area (Å²) in [5, 5.41) is 3.60. The second-order valence-electron chi connectivity index (χ2n) is 5.23. The summed E-state index contributed by atoms with van der Waals surface area (Å²) in [5.74, 6) is 2.18. The van der Waals surface area contributed by atoms with Gasteiger partial charge in [-0.15, -0.1) is 0 Å². The van der Waals surface area contributed by atoms with E-state index >= 15 is 0 Å². The highest BCUT2D eigenvalue weighted by molar-refractivity contribution is 5.30. The van der Waals surface area contributed by atoms with Crippen molar-refractivity contribution in [1.29, 1.82) is 0 Å². The summed E-state index contributed by atoms with van der Waals surface area (Å²) in [5.41, 5.74) is 1.37. The molecule has 0 saturated heterocycles. The Balaban J connectivity index is 1.93. The minimum Gasteiger partial charge on any atom is -0.497 e. The molecule has 94 valence electrons. The highest BCUT2D eigenvalue weighted by atomic mass is 16.5. The quantitative estimate of drug-likeness (QED) is 0.814. The Morgan fingerprint density at radius 1 is 1.35 bits per heavy atom. The normalized spacial score (nSPS) is 18.8. The van der Waals surface area contributed by atoms with Gasteiger partial charge in [0.05, 0.1) is 7.11 Å². The molecule has 2 heteroatoms. The average molecular weight is 233 g/mol. The van der Waals surface area contributed by atoms with E-state index in [1.807, 2.05) is 6.07 Å². The van der Waals surface area contributed by atoms with Crippen LogP contribution >= 0.6 is 0 Å². The molecule has 2 unspecified atom stereocenters. The van der Waals surface area contributed by atoms with Gasteiger partial charge in [0.25, 0.3) is 0 Å². The van der Waals surface area contributed by atoms with Gasteiger partial charge in [-0.3, -0.25) is 0 Å². The molecule has 2 atom stereocenters. The predicted molar refractivity (Wildman–Crippen MR) is 71.6 cm³/mol. The lowest BCUT2D eigenvalue weighted by atomic mass is 9.89. The minimum absolute atomic E-state index is 0.566. The average Bonchev–Trinajstić information content (AvgIpc) is 3.19. The number of ether oxygens (including phenoxy) is 1. The fourth-order valence-corrected chi connectivity index (χ4v) is 2.07. The molecule has 0 bridgehead atoms. The van der Waals surface area contributed by atoms with E-state index in [-0.39, 0.29) is 0 Å². The first kappa shape index (κ1) is 12.4. The molecule has 2 nitrogen and oxygen atoms in total. The Morgan fingerprint density at radius 2 is 2.12 bits per heavy atom. The predicted octanol–water partition coefficient (Wildman–Crippen LogP) is 3.19. The van der Waals surface area contributed by atoms with Crippen LogP contribution in [0.25, 0.3) is 0 Å². The van der Waals surface area contributed by atoms with E-state index in [1.54, 1.807) is 7.11 Å². The Kier molecular flexibility index (Phi) is 4.06. The van der Waals surface area contributed by atoms with Crippen molar-refractivity contribution in [2.24, 2.45) is 5.92 Å². The van der Waals surface area contributed by atoms with Gasteiger partial charge in [0.1, 0.15) is 5.75 Å². The van der Waals surface area contributed by atoms with Crippen LogP contribution in [0, 0.1) is 5.92 Å². The lowest BCUT2D eigenvalue weighted by Crippen LogP contribution is -2.26. The Hall–Kier alpha value is -1.02. The van der Waals surface area contributed by atoms with E-state index in [2.05, 4.69) is 37.4 Å². The summed E-state index contributed by atoms with van der Waals surface area (Å²) in [7, 11) is 1.72. The molecule has 1 aliphatic carbocycles. The van der Waals surface area contributed by atoms with Gasteiger partial charge in [0.15, 0.2) is 0 Å². The summed E-state index contributed by atoms with van der Waals surface area (Å²) in [6.45, 7) is 5.73. The molecule has 0 radical (unpaired) electrons. The summed E-state index contributed by atoms with van der Waals surface area (Å²) in [6.07, 6.45) is 2.72. The van der Waals surface area contributed by atoms with Crippen molar-refractivity contribution in [2.75, 3.05) is 13.7 Å². The zero-order valence-electron chi connectivity index (χ0n) is 11.1. The fraction of sp³-hybridized carbons (Fsp3) is 0.600. The van der Waals surface area contributed by atoms with Crippen molar-refractivity contribution in [3.63, 3.8) is 0 Å². The second-order valence-corrected chi connectivity index (χ2v) is 5.23. The van der Waals surface area contributed by atoms with Crippen molar-refractivity contribution in [3.05, 3.63) is 29.8 Å². The number of hydrogen-bond donors (Lipinski definition) is 1. The van der Waals surface area contributed by atoms with E-state index in [1.165, 1.54) is 18.4 Å². The van der Waals surface area contributed by atoms with Crippen molar-refractivity contribution in [3.8, 4) is 5.75 Å². The Bertz CT molecular complexity index is 360. The number of rotatable bonds is 6. The van der Waals surface area contributed by atoms with E-state index < -0.39 is 0 Å². The van der Waals surface area contributed by atoms with Gasteiger partial charge in [-0.05, 0) is 48.9 Å². The third kappa shape index (κ3) is 3.47. The lowest BCUT2D eigenvalue weighted by Gasteiger charge is -2.21. The fourth-order valence-electron chi connectivity index (χ4n) is 2.07. The second kappa shape index (κ2) is 5.54. The van der Waals surface area contributed by atoms with Crippen molar-refractivity contribution < 1.29 is 4.74 Å². The maximum Gasteiger partial charge on any atom is 0.119 e. The SMILES string of the molecule is COc1cccc(C(C)C(C)CNC2CC2)c1. The molecule has 0 heterocycles. The zero-order chi connectivity index (χ0) is 12.3. The Morgan fingerprint density at radius 3 is 2.76 bits per heavy atom. The first-order valence-electron chi connectivity index (χ1n) is 6.58. The van der Waals surface area contributed by atoms with Crippen LogP contribution in [0.3, 0.4) is 0 Å². The molecule has 1 fully saturated rings. The van der Waals surface area contributed by atoms with E-state index in [9.17, 15) is 0 Å². The molecule has 2 rings (SSSR count). The molecule has 1 saturated carbocycles. The van der Waals surface area contributed by atoms with Gasteiger partial charge in [-0.1, -0.05) is 26.0 Å². The van der Waals surface area contributed by atoms with Gasteiger partial charge >= 0.3 is 0 Å². The van der Waals surface area contributed by atoms with Crippen LogP contribution in [-0.4, -0.2) is 19.7 Å². The van der Waals surface area contributed by atoms with Crippen LogP contribution in [0.1, 0.15) is 38.2 Å². The zero-order valence-corrected chi connectivity index (χ0v) is 11.1. The molecule has 17 heavy (non-hydrogen) atoms. The van der Waals surface area contributed by atoms with Gasteiger partial charge in [0.2, 0.25) is 0 Å². The maximum absolute atomic E-state index is 5.28. The third-order valence-corrected chi connectivity index (χ3v) is 3.78. The Labute approximate surface area is 104 Å². The molecule has 1 aliphatic rings. The summed E-state index contributed by atoms with van der Waals surface area (Å²) in [6, 6.07) is 9.23. The molecular formula is C15H23NO. The van der Waals surface area contributed by atoms with Crippen molar-refractivity contribution in [2.45, 2.75) is 38.6 Å². The van der Waals surface area contributed by atoms with Crippen molar-refractivity contribution >= 4 is 0 Å². The van der Waals surface area contributed by atoms with Gasteiger partial charge in [0, 0.05) is 6.04 Å². The molecule has 0 amide bonds. The van der Waals surface area contributed by atoms with Crippen LogP contribution < -0.4 is 10.1 Å². The maximum atomic E-state index is 5.28. The van der Waals surface area contributed by atoms with Crippen LogP contribution in [0.15, 0.2) is 24.3 Å². The minimum atomic E-state index is 0.566. The van der Waals surface area contributed by atoms with Crippen molar-refractivity contribution in [1.82, 2.24) is 5.32 Å². The van der Waals surface area contributed by atoms with E-state index in [0.29, 0.717) is 11.8 Å². The van der Waals surface area contributed by atoms with Gasteiger partial charge in [-0.2, -0.15) is 0 Å². The summed E-state index contributed by atoms with van der Waals surface area (Å²) >= 11 is 0. The number of benzene rings is 1.